The first kappa shape index (κ1) is 15.7. The molecule has 0 aliphatic carbocycles. The van der Waals surface area contributed by atoms with E-state index < -0.39 is 0 Å². The summed E-state index contributed by atoms with van der Waals surface area (Å²) in [6.07, 6.45) is 2.96. The van der Waals surface area contributed by atoms with Crippen molar-refractivity contribution in [3.8, 4) is 10.6 Å². The zero-order chi connectivity index (χ0) is 15.4. The average molecular weight is 301 g/mol. The summed E-state index contributed by atoms with van der Waals surface area (Å²) in [5, 5.41) is 6.27. The minimum atomic E-state index is 0.506. The molecule has 1 N–H and O–H groups in total. The third-order valence-corrected chi connectivity index (χ3v) is 4.76. The molecule has 0 saturated heterocycles. The minimum Gasteiger partial charge on any atom is -0.388 e. The number of benzene rings is 1. The van der Waals surface area contributed by atoms with Gasteiger partial charge >= 0.3 is 0 Å². The molecule has 2 rings (SSSR count). The first-order chi connectivity index (χ1) is 10.1. The van der Waals surface area contributed by atoms with Gasteiger partial charge in [-0.25, -0.2) is 4.98 Å². The Balaban J connectivity index is 2.54. The van der Waals surface area contributed by atoms with Crippen LogP contribution in [0.2, 0.25) is 0 Å². The monoisotopic (exact) mass is 301 g/mol. The van der Waals surface area contributed by atoms with Crippen LogP contribution in [-0.4, -0.2) is 17.7 Å². The SMILES string of the molecule is CCC(C)C(C)=Nc1cc(NC)cc(-c2nccs2)c1C. The van der Waals surface area contributed by atoms with Crippen LogP contribution in [0.4, 0.5) is 11.4 Å². The lowest BCUT2D eigenvalue weighted by Gasteiger charge is -2.13. The summed E-state index contributed by atoms with van der Waals surface area (Å²) in [7, 11) is 1.94. The number of rotatable bonds is 5. The van der Waals surface area contributed by atoms with Crippen molar-refractivity contribution >= 4 is 28.4 Å². The van der Waals surface area contributed by atoms with Crippen molar-refractivity contribution in [2.45, 2.75) is 34.1 Å². The predicted octanol–water partition coefficient (Wildman–Crippen LogP) is 5.30. The molecule has 4 heteroatoms. The van der Waals surface area contributed by atoms with Gasteiger partial charge in [0.05, 0.1) is 5.69 Å². The highest BCUT2D eigenvalue weighted by Crippen LogP contribution is 2.35. The summed E-state index contributed by atoms with van der Waals surface area (Å²) < 4.78 is 0. The van der Waals surface area contributed by atoms with Crippen LogP contribution in [0.25, 0.3) is 10.6 Å². The Hall–Kier alpha value is -1.68. The number of anilines is 1. The second kappa shape index (κ2) is 6.85. The summed E-state index contributed by atoms with van der Waals surface area (Å²) in [4.78, 5) is 9.30. The van der Waals surface area contributed by atoms with Crippen LogP contribution in [-0.2, 0) is 0 Å². The molecule has 3 nitrogen and oxygen atoms in total. The van der Waals surface area contributed by atoms with E-state index in [1.54, 1.807) is 11.3 Å². The van der Waals surface area contributed by atoms with E-state index in [2.05, 4.69) is 50.1 Å². The fraction of sp³-hybridized carbons (Fsp3) is 0.412. The second-order valence-corrected chi connectivity index (χ2v) is 6.21. The third-order valence-electron chi connectivity index (χ3n) is 3.95. The molecule has 0 fully saturated rings. The van der Waals surface area contributed by atoms with Crippen LogP contribution in [0.5, 0.6) is 0 Å². The van der Waals surface area contributed by atoms with E-state index in [4.69, 9.17) is 4.99 Å². The lowest BCUT2D eigenvalue weighted by Crippen LogP contribution is -2.05. The van der Waals surface area contributed by atoms with Gasteiger partial charge in [-0.1, -0.05) is 13.8 Å². The zero-order valence-corrected chi connectivity index (χ0v) is 14.2. The first-order valence-corrected chi connectivity index (χ1v) is 8.22. The third kappa shape index (κ3) is 3.50. The molecule has 0 aliphatic heterocycles. The normalized spacial score (nSPS) is 13.3. The van der Waals surface area contributed by atoms with Crippen LogP contribution < -0.4 is 5.32 Å². The first-order valence-electron chi connectivity index (χ1n) is 7.34. The smallest absolute Gasteiger partial charge is 0.123 e. The summed E-state index contributed by atoms with van der Waals surface area (Å²) in [5.74, 6) is 0.506. The van der Waals surface area contributed by atoms with Crippen molar-refractivity contribution in [3.63, 3.8) is 0 Å². The van der Waals surface area contributed by atoms with Crippen molar-refractivity contribution in [1.82, 2.24) is 4.98 Å². The average Bonchev–Trinajstić information content (AvgIpc) is 3.02. The van der Waals surface area contributed by atoms with Gasteiger partial charge in [-0.15, -0.1) is 11.3 Å². The van der Waals surface area contributed by atoms with Gasteiger partial charge in [0.25, 0.3) is 0 Å². The molecule has 0 amide bonds. The Morgan fingerprint density at radius 1 is 1.43 bits per heavy atom. The fourth-order valence-electron chi connectivity index (χ4n) is 2.13. The van der Waals surface area contributed by atoms with Crippen LogP contribution in [0.1, 0.15) is 32.8 Å². The topological polar surface area (TPSA) is 37.3 Å². The number of thiazole rings is 1. The highest BCUT2D eigenvalue weighted by Gasteiger charge is 2.12. The Morgan fingerprint density at radius 2 is 2.19 bits per heavy atom. The Morgan fingerprint density at radius 3 is 2.76 bits per heavy atom. The summed E-state index contributed by atoms with van der Waals surface area (Å²) in [5.41, 5.74) is 5.63. The van der Waals surface area contributed by atoms with E-state index in [1.807, 2.05) is 18.6 Å². The van der Waals surface area contributed by atoms with Gasteiger partial charge in [0.1, 0.15) is 5.01 Å². The molecule has 2 aromatic rings. The molecule has 1 aromatic heterocycles. The molecule has 0 aliphatic rings. The summed E-state index contributed by atoms with van der Waals surface area (Å²) in [6.45, 7) is 8.65. The Kier molecular flexibility index (Phi) is 5.12. The molecular weight excluding hydrogens is 278 g/mol. The lowest BCUT2D eigenvalue weighted by atomic mass is 10.0. The molecule has 1 atom stereocenters. The van der Waals surface area contributed by atoms with Crippen LogP contribution in [0, 0.1) is 12.8 Å². The minimum absolute atomic E-state index is 0.506. The number of nitrogens with one attached hydrogen (secondary N) is 1. The van der Waals surface area contributed by atoms with Gasteiger partial charge in [-0.3, -0.25) is 4.99 Å². The van der Waals surface area contributed by atoms with Crippen molar-refractivity contribution in [2.24, 2.45) is 10.9 Å². The molecule has 0 spiro atoms. The van der Waals surface area contributed by atoms with E-state index in [9.17, 15) is 0 Å². The fourth-order valence-corrected chi connectivity index (χ4v) is 2.84. The number of nitrogens with zero attached hydrogens (tertiary/aromatic N) is 2. The quantitative estimate of drug-likeness (QED) is 0.761. The van der Waals surface area contributed by atoms with Gasteiger partial charge in [0.15, 0.2) is 0 Å². The standard InChI is InChI=1S/C17H23N3S/c1-6-11(2)13(4)20-16-10-14(18-5)9-15(12(16)3)17-19-7-8-21-17/h7-11,18H,6H2,1-5H3. The lowest BCUT2D eigenvalue weighted by molar-refractivity contribution is 0.736. The summed E-state index contributed by atoms with van der Waals surface area (Å²) >= 11 is 1.66. The van der Waals surface area contributed by atoms with E-state index in [-0.39, 0.29) is 0 Å². The van der Waals surface area contributed by atoms with Gasteiger partial charge < -0.3 is 5.32 Å². The van der Waals surface area contributed by atoms with Crippen molar-refractivity contribution in [2.75, 3.05) is 12.4 Å². The van der Waals surface area contributed by atoms with E-state index in [0.717, 1.165) is 28.4 Å². The number of aliphatic imine (C=N–C) groups is 1. The molecular formula is C17H23N3S. The molecule has 1 heterocycles. The number of hydrogen-bond acceptors (Lipinski definition) is 4. The van der Waals surface area contributed by atoms with Gasteiger partial charge in [-0.2, -0.15) is 0 Å². The number of aromatic nitrogens is 1. The zero-order valence-electron chi connectivity index (χ0n) is 13.4. The van der Waals surface area contributed by atoms with Crippen LogP contribution >= 0.6 is 11.3 Å². The highest BCUT2D eigenvalue weighted by atomic mass is 32.1. The van der Waals surface area contributed by atoms with Crippen LogP contribution in [0.15, 0.2) is 28.7 Å². The molecule has 1 aromatic carbocycles. The molecule has 0 radical (unpaired) electrons. The highest BCUT2D eigenvalue weighted by molar-refractivity contribution is 7.13. The molecule has 112 valence electrons. The predicted molar refractivity (Wildman–Crippen MR) is 94.1 cm³/mol. The number of hydrogen-bond donors (Lipinski definition) is 1. The second-order valence-electron chi connectivity index (χ2n) is 5.32. The van der Waals surface area contributed by atoms with Gasteiger partial charge in [0, 0.05) is 35.6 Å². The Bertz CT molecular complexity index is 630. The van der Waals surface area contributed by atoms with Gasteiger partial charge in [0.2, 0.25) is 0 Å². The van der Waals surface area contributed by atoms with Crippen molar-refractivity contribution in [1.29, 1.82) is 0 Å². The Labute approximate surface area is 131 Å². The maximum Gasteiger partial charge on any atom is 0.123 e. The van der Waals surface area contributed by atoms with Crippen molar-refractivity contribution < 1.29 is 0 Å². The van der Waals surface area contributed by atoms with E-state index in [1.165, 1.54) is 11.3 Å². The molecule has 0 saturated carbocycles. The summed E-state index contributed by atoms with van der Waals surface area (Å²) in [6, 6.07) is 4.25. The maximum absolute atomic E-state index is 4.86. The molecule has 0 bridgehead atoms. The largest absolute Gasteiger partial charge is 0.388 e. The van der Waals surface area contributed by atoms with Crippen molar-refractivity contribution in [3.05, 3.63) is 29.3 Å². The molecule has 21 heavy (non-hydrogen) atoms. The van der Waals surface area contributed by atoms with Crippen LogP contribution in [0.3, 0.4) is 0 Å². The molecule has 1 unspecified atom stereocenters. The van der Waals surface area contributed by atoms with E-state index in [0.29, 0.717) is 5.92 Å². The van der Waals surface area contributed by atoms with Gasteiger partial charge in [-0.05, 0) is 43.9 Å². The van der Waals surface area contributed by atoms with E-state index >= 15 is 0 Å². The maximum atomic E-state index is 4.86.